The lowest BCUT2D eigenvalue weighted by molar-refractivity contribution is 0.177. The Balaban J connectivity index is 2.11. The van der Waals surface area contributed by atoms with Crippen LogP contribution in [0.15, 0.2) is 23.8 Å². The van der Waals surface area contributed by atoms with Crippen LogP contribution < -0.4 is 0 Å². The summed E-state index contributed by atoms with van der Waals surface area (Å²) < 4.78 is 2.13. The summed E-state index contributed by atoms with van der Waals surface area (Å²) in [4.78, 5) is 5.43. The smallest absolute Gasteiger partial charge is 0.111 e. The standard InChI is InChI=1S/C14H20N2OS/c1-3-7-16-8-6-15-13(16)10-12(17)14-11(4-2)5-9-18-14/h5-6,8-9,12,17H,3-4,7,10H2,1-2H3. The van der Waals surface area contributed by atoms with Gasteiger partial charge in [0.05, 0.1) is 6.10 Å². The lowest BCUT2D eigenvalue weighted by Gasteiger charge is -2.12. The Labute approximate surface area is 112 Å². The highest BCUT2D eigenvalue weighted by Gasteiger charge is 2.16. The molecule has 0 spiro atoms. The number of hydrogen-bond donors (Lipinski definition) is 1. The maximum absolute atomic E-state index is 10.3. The van der Waals surface area contributed by atoms with Gasteiger partial charge in [-0.05, 0) is 29.9 Å². The summed E-state index contributed by atoms with van der Waals surface area (Å²) in [5.74, 6) is 0.972. The second-order valence-corrected chi connectivity index (χ2v) is 5.37. The molecule has 1 atom stereocenters. The van der Waals surface area contributed by atoms with E-state index in [9.17, 15) is 5.11 Å². The first kappa shape index (κ1) is 13.3. The first-order chi connectivity index (χ1) is 8.76. The van der Waals surface area contributed by atoms with E-state index in [-0.39, 0.29) is 0 Å². The molecule has 0 aromatic carbocycles. The second-order valence-electron chi connectivity index (χ2n) is 4.42. The van der Waals surface area contributed by atoms with E-state index < -0.39 is 6.10 Å². The van der Waals surface area contributed by atoms with E-state index in [0.717, 1.165) is 30.1 Å². The van der Waals surface area contributed by atoms with E-state index in [2.05, 4.69) is 34.8 Å². The van der Waals surface area contributed by atoms with Gasteiger partial charge in [0.15, 0.2) is 0 Å². The van der Waals surface area contributed by atoms with Crippen molar-refractivity contribution in [1.82, 2.24) is 9.55 Å². The van der Waals surface area contributed by atoms with Crippen LogP contribution in [0.25, 0.3) is 0 Å². The molecule has 0 saturated carbocycles. The van der Waals surface area contributed by atoms with E-state index in [1.165, 1.54) is 5.56 Å². The molecule has 4 heteroatoms. The minimum absolute atomic E-state index is 0.432. The molecule has 98 valence electrons. The van der Waals surface area contributed by atoms with Crippen LogP contribution in [0.5, 0.6) is 0 Å². The molecule has 0 radical (unpaired) electrons. The summed E-state index contributed by atoms with van der Waals surface area (Å²) in [5, 5.41) is 12.4. The molecule has 0 aliphatic rings. The number of aliphatic hydroxyl groups is 1. The molecule has 0 fully saturated rings. The number of rotatable bonds is 6. The summed E-state index contributed by atoms with van der Waals surface area (Å²) in [6, 6.07) is 2.10. The first-order valence-corrected chi connectivity index (χ1v) is 7.38. The fourth-order valence-electron chi connectivity index (χ4n) is 2.17. The summed E-state index contributed by atoms with van der Waals surface area (Å²) in [6.45, 7) is 5.23. The Bertz CT molecular complexity index is 489. The van der Waals surface area contributed by atoms with Crippen molar-refractivity contribution >= 4 is 11.3 Å². The van der Waals surface area contributed by atoms with Crippen molar-refractivity contribution < 1.29 is 5.11 Å². The predicted molar refractivity (Wildman–Crippen MR) is 74.9 cm³/mol. The van der Waals surface area contributed by atoms with E-state index in [1.807, 2.05) is 12.4 Å². The van der Waals surface area contributed by atoms with Crippen LogP contribution in [0.3, 0.4) is 0 Å². The van der Waals surface area contributed by atoms with Crippen molar-refractivity contribution in [2.45, 2.75) is 45.8 Å². The van der Waals surface area contributed by atoms with E-state index in [4.69, 9.17) is 0 Å². The Morgan fingerprint density at radius 3 is 3.00 bits per heavy atom. The van der Waals surface area contributed by atoms with Crippen molar-refractivity contribution in [2.75, 3.05) is 0 Å². The molecule has 18 heavy (non-hydrogen) atoms. The molecule has 0 amide bonds. The minimum atomic E-state index is -0.432. The molecule has 0 aliphatic carbocycles. The van der Waals surface area contributed by atoms with E-state index in [1.54, 1.807) is 11.3 Å². The van der Waals surface area contributed by atoms with Crippen LogP contribution >= 0.6 is 11.3 Å². The van der Waals surface area contributed by atoms with Crippen molar-refractivity contribution in [3.8, 4) is 0 Å². The van der Waals surface area contributed by atoms with Gasteiger partial charge >= 0.3 is 0 Å². The number of hydrogen-bond acceptors (Lipinski definition) is 3. The highest BCUT2D eigenvalue weighted by Crippen LogP contribution is 2.27. The molecule has 2 heterocycles. The Kier molecular flexibility index (Phi) is 4.55. The van der Waals surface area contributed by atoms with Crippen molar-refractivity contribution in [3.05, 3.63) is 40.1 Å². The monoisotopic (exact) mass is 264 g/mol. The number of aliphatic hydroxyl groups excluding tert-OH is 1. The highest BCUT2D eigenvalue weighted by molar-refractivity contribution is 7.10. The lowest BCUT2D eigenvalue weighted by atomic mass is 10.1. The molecule has 3 nitrogen and oxygen atoms in total. The van der Waals surface area contributed by atoms with Crippen LogP contribution in [0.1, 0.15) is 42.6 Å². The molecule has 0 saturated heterocycles. The number of imidazole rings is 1. The van der Waals surface area contributed by atoms with E-state index in [0.29, 0.717) is 6.42 Å². The van der Waals surface area contributed by atoms with Gasteiger partial charge < -0.3 is 9.67 Å². The molecular formula is C14H20N2OS. The van der Waals surface area contributed by atoms with Crippen molar-refractivity contribution in [2.24, 2.45) is 0 Å². The molecule has 1 unspecified atom stereocenters. The summed E-state index contributed by atoms with van der Waals surface area (Å²) in [6.07, 6.45) is 6.02. The van der Waals surface area contributed by atoms with Crippen molar-refractivity contribution in [3.63, 3.8) is 0 Å². The Morgan fingerprint density at radius 2 is 2.28 bits per heavy atom. The SMILES string of the molecule is CCCn1ccnc1CC(O)c1sccc1CC. The van der Waals surface area contributed by atoms with Gasteiger partial charge in [-0.1, -0.05) is 13.8 Å². The fourth-order valence-corrected chi connectivity index (χ4v) is 3.16. The lowest BCUT2D eigenvalue weighted by Crippen LogP contribution is -2.09. The molecular weight excluding hydrogens is 244 g/mol. The zero-order valence-electron chi connectivity index (χ0n) is 11.0. The van der Waals surface area contributed by atoms with Gasteiger partial charge in [0, 0.05) is 30.2 Å². The first-order valence-electron chi connectivity index (χ1n) is 6.50. The van der Waals surface area contributed by atoms with Crippen molar-refractivity contribution in [1.29, 1.82) is 0 Å². The van der Waals surface area contributed by atoms with Gasteiger partial charge in [-0.3, -0.25) is 0 Å². The predicted octanol–water partition coefficient (Wildman–Crippen LogP) is 3.19. The quantitative estimate of drug-likeness (QED) is 0.870. The second kappa shape index (κ2) is 6.16. The highest BCUT2D eigenvalue weighted by atomic mass is 32.1. The van der Waals surface area contributed by atoms with Crippen LogP contribution in [-0.2, 0) is 19.4 Å². The Morgan fingerprint density at radius 1 is 1.44 bits per heavy atom. The molecule has 2 aromatic rings. The summed E-state index contributed by atoms with van der Waals surface area (Å²) in [5.41, 5.74) is 1.25. The van der Waals surface area contributed by atoms with Crippen LogP contribution in [-0.4, -0.2) is 14.7 Å². The average Bonchev–Trinajstić information content (AvgIpc) is 2.98. The molecule has 0 bridgehead atoms. The molecule has 1 N–H and O–H groups in total. The zero-order valence-corrected chi connectivity index (χ0v) is 11.8. The summed E-state index contributed by atoms with van der Waals surface area (Å²) >= 11 is 1.64. The number of nitrogens with zero attached hydrogens (tertiary/aromatic N) is 2. The van der Waals surface area contributed by atoms with Gasteiger partial charge in [0.2, 0.25) is 0 Å². The minimum Gasteiger partial charge on any atom is -0.387 e. The molecule has 0 aliphatic heterocycles. The topological polar surface area (TPSA) is 38.0 Å². The van der Waals surface area contributed by atoms with Crippen LogP contribution in [0.4, 0.5) is 0 Å². The maximum Gasteiger partial charge on any atom is 0.111 e. The molecule has 2 rings (SSSR count). The number of aromatic nitrogens is 2. The van der Waals surface area contributed by atoms with Gasteiger partial charge in [-0.15, -0.1) is 11.3 Å². The Hall–Kier alpha value is -1.13. The number of aryl methyl sites for hydroxylation is 2. The third-order valence-corrected chi connectivity index (χ3v) is 4.17. The van der Waals surface area contributed by atoms with Crippen LogP contribution in [0.2, 0.25) is 0 Å². The maximum atomic E-state index is 10.3. The largest absolute Gasteiger partial charge is 0.387 e. The summed E-state index contributed by atoms with van der Waals surface area (Å²) in [7, 11) is 0. The third kappa shape index (κ3) is 2.82. The van der Waals surface area contributed by atoms with Gasteiger partial charge in [-0.25, -0.2) is 4.98 Å². The van der Waals surface area contributed by atoms with Gasteiger partial charge in [0.25, 0.3) is 0 Å². The van der Waals surface area contributed by atoms with Gasteiger partial charge in [0.1, 0.15) is 5.82 Å². The fraction of sp³-hybridized carbons (Fsp3) is 0.500. The third-order valence-electron chi connectivity index (χ3n) is 3.11. The van der Waals surface area contributed by atoms with Gasteiger partial charge in [-0.2, -0.15) is 0 Å². The zero-order chi connectivity index (χ0) is 13.0. The van der Waals surface area contributed by atoms with Crippen LogP contribution in [0, 0.1) is 0 Å². The number of thiophene rings is 1. The van der Waals surface area contributed by atoms with E-state index >= 15 is 0 Å². The normalized spacial score (nSPS) is 12.8. The molecule has 2 aromatic heterocycles. The average molecular weight is 264 g/mol.